The van der Waals surface area contributed by atoms with Gasteiger partial charge in [-0.25, -0.2) is 4.79 Å². The number of methoxy groups -OCH3 is 1. The van der Waals surface area contributed by atoms with Crippen molar-refractivity contribution in [3.8, 4) is 0 Å². The van der Waals surface area contributed by atoms with Crippen LogP contribution in [0.3, 0.4) is 0 Å². The van der Waals surface area contributed by atoms with Crippen LogP contribution in [0.25, 0.3) is 0 Å². The highest BCUT2D eigenvalue weighted by molar-refractivity contribution is 5.79. The Bertz CT molecular complexity index is 336. The lowest BCUT2D eigenvalue weighted by atomic mass is 9.81. The first kappa shape index (κ1) is 9.40. The van der Waals surface area contributed by atoms with Gasteiger partial charge in [-0.1, -0.05) is 12.2 Å². The van der Waals surface area contributed by atoms with Gasteiger partial charge in [0.15, 0.2) is 6.10 Å². The van der Waals surface area contributed by atoms with Crippen molar-refractivity contribution >= 4 is 5.97 Å². The zero-order chi connectivity index (χ0) is 10.6. The Morgan fingerprint density at radius 3 is 2.80 bits per heavy atom. The summed E-state index contributed by atoms with van der Waals surface area (Å²) < 4.78 is 10.3. The van der Waals surface area contributed by atoms with Gasteiger partial charge in [0.05, 0.1) is 7.11 Å². The van der Waals surface area contributed by atoms with Crippen LogP contribution in [0.15, 0.2) is 12.2 Å². The van der Waals surface area contributed by atoms with Crippen LogP contribution in [0.4, 0.5) is 0 Å². The van der Waals surface area contributed by atoms with Gasteiger partial charge in [-0.3, -0.25) is 0 Å². The average molecular weight is 208 g/mol. The van der Waals surface area contributed by atoms with Gasteiger partial charge >= 0.3 is 5.97 Å². The molecule has 1 aliphatic heterocycles. The molecule has 5 unspecified atom stereocenters. The number of hydrogen-bond acceptors (Lipinski definition) is 3. The van der Waals surface area contributed by atoms with Gasteiger partial charge in [-0.05, 0) is 37.5 Å². The van der Waals surface area contributed by atoms with E-state index in [0.717, 1.165) is 5.92 Å². The van der Waals surface area contributed by atoms with Crippen molar-refractivity contribution < 1.29 is 14.3 Å². The third-order valence-corrected chi connectivity index (χ3v) is 4.27. The highest BCUT2D eigenvalue weighted by Crippen LogP contribution is 2.56. The smallest absolute Gasteiger partial charge is 0.338 e. The third kappa shape index (κ3) is 1.19. The number of fused-ring (bicyclic) bond motifs is 2. The first-order chi connectivity index (χ1) is 7.15. The van der Waals surface area contributed by atoms with Crippen molar-refractivity contribution in [1.82, 2.24) is 0 Å². The summed E-state index contributed by atoms with van der Waals surface area (Å²) in [4.78, 5) is 11.4. The second-order valence-corrected chi connectivity index (χ2v) is 5.09. The van der Waals surface area contributed by atoms with Crippen molar-refractivity contribution in [2.24, 2.45) is 17.8 Å². The Hall–Kier alpha value is -0.830. The van der Waals surface area contributed by atoms with Crippen molar-refractivity contribution in [1.29, 1.82) is 0 Å². The number of esters is 1. The summed E-state index contributed by atoms with van der Waals surface area (Å²) in [6, 6.07) is 0. The largest absolute Gasteiger partial charge is 0.467 e. The molecule has 0 radical (unpaired) electrons. The number of ether oxygens (including phenoxy) is 2. The molecule has 3 heteroatoms. The molecule has 0 aromatic carbocycles. The van der Waals surface area contributed by atoms with E-state index in [9.17, 15) is 4.79 Å². The van der Waals surface area contributed by atoms with E-state index in [2.05, 4.69) is 12.2 Å². The van der Waals surface area contributed by atoms with E-state index in [1.807, 2.05) is 6.92 Å². The molecule has 3 nitrogen and oxygen atoms in total. The van der Waals surface area contributed by atoms with Gasteiger partial charge in [0, 0.05) is 0 Å². The van der Waals surface area contributed by atoms with E-state index < -0.39 is 0 Å². The number of allylic oxidation sites excluding steroid dienone is 2. The van der Waals surface area contributed by atoms with E-state index >= 15 is 0 Å². The zero-order valence-corrected chi connectivity index (χ0v) is 9.10. The Morgan fingerprint density at radius 1 is 1.47 bits per heavy atom. The quantitative estimate of drug-likeness (QED) is 0.392. The lowest BCUT2D eigenvalue weighted by Crippen LogP contribution is -2.30. The second-order valence-electron chi connectivity index (χ2n) is 5.09. The van der Waals surface area contributed by atoms with Crippen LogP contribution in [0.2, 0.25) is 0 Å². The Labute approximate surface area is 89.4 Å². The minimum absolute atomic E-state index is 0.218. The molecule has 0 N–H and O–H groups in total. The average Bonchev–Trinajstić information content (AvgIpc) is 2.68. The Morgan fingerprint density at radius 2 is 2.27 bits per heavy atom. The fourth-order valence-electron chi connectivity index (χ4n) is 3.33. The van der Waals surface area contributed by atoms with Gasteiger partial charge in [0.25, 0.3) is 0 Å². The number of rotatable bonds is 2. The van der Waals surface area contributed by atoms with Gasteiger partial charge in [0.2, 0.25) is 0 Å². The van der Waals surface area contributed by atoms with Gasteiger partial charge in [-0.15, -0.1) is 0 Å². The molecule has 2 bridgehead atoms. The van der Waals surface area contributed by atoms with E-state index in [0.29, 0.717) is 11.8 Å². The molecule has 1 saturated heterocycles. The fraction of sp³-hybridized carbons (Fsp3) is 0.750. The molecule has 0 aromatic rings. The topological polar surface area (TPSA) is 38.8 Å². The summed E-state index contributed by atoms with van der Waals surface area (Å²) in [6.45, 7) is 2.05. The standard InChI is InChI=1S/C12H16O3/c1-12(10(15-12)11(13)14-2)9-6-7-3-4-8(9)5-7/h3-4,7-10H,5-6H2,1-2H3. The minimum atomic E-state index is -0.319. The van der Waals surface area contributed by atoms with Crippen LogP contribution >= 0.6 is 0 Å². The molecule has 0 aromatic heterocycles. The van der Waals surface area contributed by atoms with Crippen LogP contribution in [-0.2, 0) is 14.3 Å². The summed E-state index contributed by atoms with van der Waals surface area (Å²) in [7, 11) is 1.42. The summed E-state index contributed by atoms with van der Waals surface area (Å²) >= 11 is 0. The molecule has 3 rings (SSSR count). The molecule has 15 heavy (non-hydrogen) atoms. The van der Waals surface area contributed by atoms with Crippen molar-refractivity contribution in [3.63, 3.8) is 0 Å². The number of hydrogen-bond donors (Lipinski definition) is 0. The molecule has 1 heterocycles. The molecule has 2 fully saturated rings. The number of carbonyl (C=O) groups excluding carboxylic acids is 1. The second kappa shape index (κ2) is 2.85. The van der Waals surface area contributed by atoms with Crippen LogP contribution in [0.1, 0.15) is 19.8 Å². The predicted octanol–water partition coefficient (Wildman–Crippen LogP) is 1.53. The molecule has 0 amide bonds. The molecule has 5 atom stereocenters. The highest BCUT2D eigenvalue weighted by atomic mass is 16.7. The normalized spacial score (nSPS) is 50.8. The third-order valence-electron chi connectivity index (χ3n) is 4.27. The van der Waals surface area contributed by atoms with Crippen LogP contribution in [0.5, 0.6) is 0 Å². The minimum Gasteiger partial charge on any atom is -0.467 e. The number of carbonyl (C=O) groups is 1. The first-order valence-electron chi connectivity index (χ1n) is 5.59. The maximum Gasteiger partial charge on any atom is 0.338 e. The monoisotopic (exact) mass is 208 g/mol. The van der Waals surface area contributed by atoms with Gasteiger partial charge < -0.3 is 9.47 Å². The molecule has 0 spiro atoms. The van der Waals surface area contributed by atoms with Crippen molar-refractivity contribution in [2.45, 2.75) is 31.5 Å². The van der Waals surface area contributed by atoms with Gasteiger partial charge in [-0.2, -0.15) is 0 Å². The Balaban J connectivity index is 1.74. The predicted molar refractivity (Wildman–Crippen MR) is 54.1 cm³/mol. The van der Waals surface area contributed by atoms with E-state index in [4.69, 9.17) is 9.47 Å². The molecular formula is C12H16O3. The number of epoxide rings is 1. The van der Waals surface area contributed by atoms with Crippen LogP contribution < -0.4 is 0 Å². The summed E-state index contributed by atoms with van der Waals surface area (Å²) in [5.41, 5.74) is -0.253. The Kier molecular flexibility index (Phi) is 1.78. The van der Waals surface area contributed by atoms with Crippen molar-refractivity contribution in [2.75, 3.05) is 7.11 Å². The first-order valence-corrected chi connectivity index (χ1v) is 5.59. The summed E-state index contributed by atoms with van der Waals surface area (Å²) in [6.07, 6.45) is 6.70. The maximum atomic E-state index is 11.4. The van der Waals surface area contributed by atoms with E-state index in [1.54, 1.807) is 0 Å². The SMILES string of the molecule is COC(=O)C1OC1(C)C1CC2C=CC1C2. The van der Waals surface area contributed by atoms with E-state index in [1.165, 1.54) is 20.0 Å². The molecule has 2 aliphatic carbocycles. The maximum absolute atomic E-state index is 11.4. The molecular weight excluding hydrogens is 192 g/mol. The molecule has 82 valence electrons. The van der Waals surface area contributed by atoms with Crippen molar-refractivity contribution in [3.05, 3.63) is 12.2 Å². The fourth-order valence-corrected chi connectivity index (χ4v) is 3.33. The molecule has 1 saturated carbocycles. The lowest BCUT2D eigenvalue weighted by molar-refractivity contribution is -0.142. The van der Waals surface area contributed by atoms with Crippen LogP contribution in [0, 0.1) is 17.8 Å². The zero-order valence-electron chi connectivity index (χ0n) is 9.10. The highest BCUT2D eigenvalue weighted by Gasteiger charge is 2.65. The summed E-state index contributed by atoms with van der Waals surface area (Å²) in [5.74, 6) is 1.63. The lowest BCUT2D eigenvalue weighted by Gasteiger charge is -2.22. The molecule has 3 aliphatic rings. The van der Waals surface area contributed by atoms with E-state index in [-0.39, 0.29) is 17.7 Å². The van der Waals surface area contributed by atoms with Crippen LogP contribution in [-0.4, -0.2) is 24.8 Å². The summed E-state index contributed by atoms with van der Waals surface area (Å²) in [5, 5.41) is 0. The van der Waals surface area contributed by atoms with Gasteiger partial charge in [0.1, 0.15) is 5.60 Å².